The maximum Gasteiger partial charge on any atom is 0.255 e. The van der Waals surface area contributed by atoms with E-state index in [0.29, 0.717) is 12.3 Å². The highest BCUT2D eigenvalue weighted by molar-refractivity contribution is 14.0. The first-order valence-electron chi connectivity index (χ1n) is 9.07. The summed E-state index contributed by atoms with van der Waals surface area (Å²) in [5.74, 6) is 1.82. The van der Waals surface area contributed by atoms with Crippen LogP contribution < -0.4 is 20.5 Å². The summed E-state index contributed by atoms with van der Waals surface area (Å²) in [7, 11) is 5.44. The van der Waals surface area contributed by atoms with Gasteiger partial charge in [-0.1, -0.05) is 30.3 Å². The molecule has 2 rings (SSSR count). The Morgan fingerprint density at radius 2 is 1.86 bits per heavy atom. The molecule has 0 heterocycles. The third-order valence-electron chi connectivity index (χ3n) is 4.17. The molecular weight excluding hydrogens is 483 g/mol. The fraction of sp³-hybridized carbons (Fsp3) is 0.333. The molecule has 7 nitrogen and oxygen atoms in total. The molecule has 0 aliphatic rings. The number of halogens is 1. The summed E-state index contributed by atoms with van der Waals surface area (Å²) in [5, 5.41) is 3.37. The Labute approximate surface area is 189 Å². The predicted molar refractivity (Wildman–Crippen MR) is 126 cm³/mol. The van der Waals surface area contributed by atoms with Crippen molar-refractivity contribution in [3.05, 3.63) is 59.7 Å². The Bertz CT molecular complexity index is 797. The van der Waals surface area contributed by atoms with Crippen LogP contribution in [0.1, 0.15) is 11.1 Å². The predicted octanol–water partition coefficient (Wildman–Crippen LogP) is 2.43. The molecule has 0 atom stereocenters. The van der Waals surface area contributed by atoms with Crippen LogP contribution in [0.2, 0.25) is 0 Å². The summed E-state index contributed by atoms with van der Waals surface area (Å²) >= 11 is 0. The third kappa shape index (κ3) is 8.18. The number of guanidine groups is 1. The number of primary amides is 1. The molecular formula is C21H29IN4O3. The number of carbonyl (C=O) groups is 1. The van der Waals surface area contributed by atoms with Gasteiger partial charge in [0.05, 0.1) is 7.11 Å². The molecule has 0 fully saturated rings. The van der Waals surface area contributed by atoms with Gasteiger partial charge in [0.15, 0.2) is 12.6 Å². The average Bonchev–Trinajstić information content (AvgIpc) is 2.70. The largest absolute Gasteiger partial charge is 0.496 e. The van der Waals surface area contributed by atoms with Gasteiger partial charge in [0.2, 0.25) is 0 Å². The molecule has 29 heavy (non-hydrogen) atoms. The van der Waals surface area contributed by atoms with Crippen LogP contribution in [0, 0.1) is 0 Å². The summed E-state index contributed by atoms with van der Waals surface area (Å²) in [5.41, 5.74) is 7.33. The second-order valence-corrected chi connectivity index (χ2v) is 6.29. The highest BCUT2D eigenvalue weighted by Crippen LogP contribution is 2.18. The number of ether oxygens (including phenoxy) is 2. The van der Waals surface area contributed by atoms with Gasteiger partial charge >= 0.3 is 0 Å². The van der Waals surface area contributed by atoms with Crippen molar-refractivity contribution < 1.29 is 14.3 Å². The summed E-state index contributed by atoms with van der Waals surface area (Å²) in [4.78, 5) is 17.2. The number of methoxy groups -OCH3 is 1. The zero-order valence-corrected chi connectivity index (χ0v) is 19.4. The van der Waals surface area contributed by atoms with Crippen molar-refractivity contribution in [2.24, 2.45) is 10.7 Å². The first kappa shape index (κ1) is 24.5. The van der Waals surface area contributed by atoms with Crippen LogP contribution in [0.5, 0.6) is 11.5 Å². The van der Waals surface area contributed by atoms with E-state index in [-0.39, 0.29) is 30.6 Å². The maximum atomic E-state index is 10.7. The quantitative estimate of drug-likeness (QED) is 0.306. The lowest BCUT2D eigenvalue weighted by Gasteiger charge is -2.23. The van der Waals surface area contributed by atoms with Crippen LogP contribution in [0.3, 0.4) is 0 Å². The van der Waals surface area contributed by atoms with E-state index in [4.69, 9.17) is 15.2 Å². The SMILES string of the molecule is CN=C(NCCc1ccc(OCC(N)=O)cc1)N(C)Cc1ccccc1OC.I. The first-order chi connectivity index (χ1) is 13.5. The van der Waals surface area contributed by atoms with Crippen molar-refractivity contribution in [3.8, 4) is 11.5 Å². The van der Waals surface area contributed by atoms with Crippen molar-refractivity contribution in [2.75, 3.05) is 34.4 Å². The number of hydrogen-bond acceptors (Lipinski definition) is 4. The lowest BCUT2D eigenvalue weighted by molar-refractivity contribution is -0.119. The van der Waals surface area contributed by atoms with Crippen molar-refractivity contribution >= 4 is 35.8 Å². The number of carbonyl (C=O) groups excluding carboxylic acids is 1. The number of nitrogens with two attached hydrogens (primary N) is 1. The second kappa shape index (κ2) is 12.9. The third-order valence-corrected chi connectivity index (χ3v) is 4.17. The van der Waals surface area contributed by atoms with Crippen LogP contribution in [0.25, 0.3) is 0 Å². The smallest absolute Gasteiger partial charge is 0.255 e. The van der Waals surface area contributed by atoms with Crippen molar-refractivity contribution in [2.45, 2.75) is 13.0 Å². The summed E-state index contributed by atoms with van der Waals surface area (Å²) in [6, 6.07) is 15.6. The van der Waals surface area contributed by atoms with Crippen LogP contribution >= 0.6 is 24.0 Å². The topological polar surface area (TPSA) is 89.2 Å². The molecule has 0 radical (unpaired) electrons. The summed E-state index contributed by atoms with van der Waals surface area (Å²) < 4.78 is 10.7. The zero-order chi connectivity index (χ0) is 20.4. The number of para-hydroxylation sites is 1. The van der Waals surface area contributed by atoms with Gasteiger partial charge in [0.1, 0.15) is 11.5 Å². The minimum absolute atomic E-state index is 0. The summed E-state index contributed by atoms with van der Waals surface area (Å²) in [6.07, 6.45) is 0.831. The zero-order valence-electron chi connectivity index (χ0n) is 17.1. The van der Waals surface area contributed by atoms with E-state index in [0.717, 1.165) is 35.8 Å². The highest BCUT2D eigenvalue weighted by atomic mass is 127. The maximum absolute atomic E-state index is 10.7. The molecule has 0 saturated heterocycles. The molecule has 1 amide bonds. The van der Waals surface area contributed by atoms with Gasteiger partial charge in [0, 0.05) is 32.7 Å². The van der Waals surface area contributed by atoms with E-state index in [9.17, 15) is 4.79 Å². The molecule has 8 heteroatoms. The molecule has 3 N–H and O–H groups in total. The minimum Gasteiger partial charge on any atom is -0.496 e. The molecule has 158 valence electrons. The van der Waals surface area contributed by atoms with Gasteiger partial charge in [-0.15, -0.1) is 24.0 Å². The van der Waals surface area contributed by atoms with Crippen molar-refractivity contribution in [1.82, 2.24) is 10.2 Å². The molecule has 2 aromatic rings. The van der Waals surface area contributed by atoms with Crippen molar-refractivity contribution in [1.29, 1.82) is 0 Å². The minimum atomic E-state index is -0.489. The normalized spacial score (nSPS) is 10.7. The highest BCUT2D eigenvalue weighted by Gasteiger charge is 2.09. The number of aliphatic imine (C=N–C) groups is 1. The fourth-order valence-corrected chi connectivity index (χ4v) is 2.77. The lowest BCUT2D eigenvalue weighted by Crippen LogP contribution is -2.39. The molecule has 0 aliphatic heterocycles. The van der Waals surface area contributed by atoms with Crippen LogP contribution in [0.4, 0.5) is 0 Å². The van der Waals surface area contributed by atoms with E-state index in [1.807, 2.05) is 55.6 Å². The van der Waals surface area contributed by atoms with Gasteiger partial charge < -0.3 is 25.4 Å². The molecule has 0 aliphatic carbocycles. The number of nitrogens with one attached hydrogen (secondary N) is 1. The van der Waals surface area contributed by atoms with Crippen LogP contribution in [-0.4, -0.2) is 51.1 Å². The van der Waals surface area contributed by atoms with E-state index in [2.05, 4.69) is 15.2 Å². The molecule has 0 aromatic heterocycles. The Balaban J connectivity index is 0.00000420. The Kier molecular flexibility index (Phi) is 10.9. The van der Waals surface area contributed by atoms with Gasteiger partial charge in [-0.05, 0) is 30.2 Å². The fourth-order valence-electron chi connectivity index (χ4n) is 2.77. The van der Waals surface area contributed by atoms with Crippen LogP contribution in [-0.2, 0) is 17.8 Å². The Hall–Kier alpha value is -2.49. The number of benzene rings is 2. The van der Waals surface area contributed by atoms with Crippen molar-refractivity contribution in [3.63, 3.8) is 0 Å². The Morgan fingerprint density at radius 1 is 1.17 bits per heavy atom. The lowest BCUT2D eigenvalue weighted by atomic mass is 10.1. The van der Waals surface area contributed by atoms with E-state index < -0.39 is 5.91 Å². The van der Waals surface area contributed by atoms with E-state index >= 15 is 0 Å². The molecule has 0 spiro atoms. The summed E-state index contributed by atoms with van der Waals surface area (Å²) in [6.45, 7) is 1.32. The van der Waals surface area contributed by atoms with Crippen LogP contribution in [0.15, 0.2) is 53.5 Å². The van der Waals surface area contributed by atoms with Gasteiger partial charge in [0.25, 0.3) is 5.91 Å². The molecule has 0 saturated carbocycles. The average molecular weight is 512 g/mol. The first-order valence-corrected chi connectivity index (χ1v) is 9.07. The second-order valence-electron chi connectivity index (χ2n) is 6.29. The molecule has 2 aromatic carbocycles. The number of hydrogen-bond donors (Lipinski definition) is 2. The number of rotatable bonds is 9. The number of nitrogens with zero attached hydrogens (tertiary/aromatic N) is 2. The Morgan fingerprint density at radius 3 is 2.48 bits per heavy atom. The monoisotopic (exact) mass is 512 g/mol. The van der Waals surface area contributed by atoms with E-state index in [1.165, 1.54) is 0 Å². The number of amides is 1. The molecule has 0 unspecified atom stereocenters. The van der Waals surface area contributed by atoms with Gasteiger partial charge in [-0.25, -0.2) is 0 Å². The van der Waals surface area contributed by atoms with Gasteiger partial charge in [-0.2, -0.15) is 0 Å². The standard InChI is InChI=1S/C21H28N4O3.HI/c1-23-21(25(2)14-17-6-4-5-7-19(17)27-3)24-13-12-16-8-10-18(11-9-16)28-15-20(22)26;/h4-11H,12-15H2,1-3H3,(H2,22,26)(H,23,24);1H. The van der Waals surface area contributed by atoms with E-state index in [1.54, 1.807) is 14.2 Å². The molecule has 0 bridgehead atoms. The van der Waals surface area contributed by atoms with Gasteiger partial charge in [-0.3, -0.25) is 9.79 Å².